The van der Waals surface area contributed by atoms with Gasteiger partial charge in [-0.15, -0.1) is 0 Å². The number of hydrogen-bond acceptors (Lipinski definition) is 5. The maximum atomic E-state index is 13.8. The predicted molar refractivity (Wildman–Crippen MR) is 99.2 cm³/mol. The van der Waals surface area contributed by atoms with Crippen LogP contribution in [-0.4, -0.2) is 23.4 Å². The molecule has 0 heterocycles. The van der Waals surface area contributed by atoms with Crippen molar-refractivity contribution in [3.63, 3.8) is 0 Å². The lowest BCUT2D eigenvalue weighted by atomic mass is 9.79. The van der Waals surface area contributed by atoms with Gasteiger partial charge in [-0.3, -0.25) is 19.7 Å². The molecule has 2 aromatic rings. The molecular formula is C20H18F2N2O5. The molecule has 1 amide bonds. The number of esters is 1. The number of amides is 1. The monoisotopic (exact) mass is 404 g/mol. The summed E-state index contributed by atoms with van der Waals surface area (Å²) in [6.45, 7) is -0.677. The normalized spacial score (nSPS) is 15.0. The summed E-state index contributed by atoms with van der Waals surface area (Å²) in [5.41, 5.74) is -1.11. The number of carbonyl (C=O) groups excluding carboxylic acids is 2. The summed E-state index contributed by atoms with van der Waals surface area (Å²) in [6.07, 6.45) is 2.60. The number of rotatable bonds is 6. The van der Waals surface area contributed by atoms with Gasteiger partial charge in [0.2, 0.25) is 0 Å². The first-order valence-electron chi connectivity index (χ1n) is 8.99. The quantitative estimate of drug-likeness (QED) is 0.448. The van der Waals surface area contributed by atoms with E-state index < -0.39 is 40.5 Å². The van der Waals surface area contributed by atoms with E-state index in [4.69, 9.17) is 4.74 Å². The van der Waals surface area contributed by atoms with Crippen LogP contribution in [0.3, 0.4) is 0 Å². The zero-order chi connectivity index (χ0) is 21.0. The molecular weight excluding hydrogens is 386 g/mol. The highest BCUT2D eigenvalue weighted by Crippen LogP contribution is 2.42. The molecule has 1 aliphatic carbocycles. The summed E-state index contributed by atoms with van der Waals surface area (Å²) < 4.78 is 32.2. The molecule has 0 aromatic heterocycles. The van der Waals surface area contributed by atoms with Crippen molar-refractivity contribution in [2.45, 2.75) is 31.1 Å². The van der Waals surface area contributed by atoms with Crippen molar-refractivity contribution in [2.75, 3.05) is 11.9 Å². The Labute approximate surface area is 164 Å². The van der Waals surface area contributed by atoms with Crippen LogP contribution in [0.1, 0.15) is 31.2 Å². The van der Waals surface area contributed by atoms with Gasteiger partial charge in [-0.25, -0.2) is 8.78 Å². The van der Waals surface area contributed by atoms with E-state index in [0.29, 0.717) is 18.4 Å². The molecule has 0 bridgehead atoms. The summed E-state index contributed by atoms with van der Waals surface area (Å²) in [4.78, 5) is 34.9. The third-order valence-electron chi connectivity index (χ3n) is 5.01. The number of non-ortho nitro benzene ring substituents is 1. The molecule has 1 N–H and O–H groups in total. The first kappa shape index (κ1) is 20.4. The van der Waals surface area contributed by atoms with Crippen LogP contribution in [0.5, 0.6) is 0 Å². The van der Waals surface area contributed by atoms with Crippen molar-refractivity contribution in [3.8, 4) is 0 Å². The molecule has 0 radical (unpaired) electrons. The number of nitrogens with zero attached hydrogens (tertiary/aromatic N) is 1. The molecule has 1 fully saturated rings. The summed E-state index contributed by atoms with van der Waals surface area (Å²) in [7, 11) is 0. The fraction of sp³-hybridized carbons (Fsp3) is 0.300. The van der Waals surface area contributed by atoms with Crippen LogP contribution in [0, 0.1) is 21.7 Å². The molecule has 7 nitrogen and oxygen atoms in total. The van der Waals surface area contributed by atoms with E-state index in [1.54, 1.807) is 0 Å². The molecule has 1 saturated carbocycles. The Kier molecular flexibility index (Phi) is 5.86. The second-order valence-corrected chi connectivity index (χ2v) is 6.84. The lowest BCUT2D eigenvalue weighted by Gasteiger charge is -2.27. The van der Waals surface area contributed by atoms with Gasteiger partial charge in [0.1, 0.15) is 11.6 Å². The maximum absolute atomic E-state index is 13.8. The van der Waals surface area contributed by atoms with E-state index >= 15 is 0 Å². The SMILES string of the molecule is O=C(COC(=O)C1(c2ccc(F)cc2)CCCC1)Nc1cc([N+](=O)[O-])ccc1F. The zero-order valence-corrected chi connectivity index (χ0v) is 15.3. The number of nitrogens with one attached hydrogen (secondary N) is 1. The number of carbonyl (C=O) groups is 2. The number of anilines is 1. The van der Waals surface area contributed by atoms with Crippen molar-refractivity contribution in [2.24, 2.45) is 0 Å². The van der Waals surface area contributed by atoms with Crippen molar-refractivity contribution in [1.82, 2.24) is 0 Å². The second-order valence-electron chi connectivity index (χ2n) is 6.84. The number of halogens is 2. The van der Waals surface area contributed by atoms with Gasteiger partial charge in [0.15, 0.2) is 6.61 Å². The average molecular weight is 404 g/mol. The van der Waals surface area contributed by atoms with Gasteiger partial charge >= 0.3 is 5.97 Å². The molecule has 152 valence electrons. The summed E-state index contributed by atoms with van der Waals surface area (Å²) in [5, 5.41) is 12.9. The van der Waals surface area contributed by atoms with Crippen LogP contribution in [0.25, 0.3) is 0 Å². The first-order chi connectivity index (χ1) is 13.8. The van der Waals surface area contributed by atoms with E-state index in [2.05, 4.69) is 5.32 Å². The minimum Gasteiger partial charge on any atom is -0.455 e. The fourth-order valence-corrected chi connectivity index (χ4v) is 3.54. The zero-order valence-electron chi connectivity index (χ0n) is 15.3. The molecule has 0 atom stereocenters. The predicted octanol–water partition coefficient (Wildman–Crippen LogP) is 3.87. The van der Waals surface area contributed by atoms with Crippen LogP contribution in [0.15, 0.2) is 42.5 Å². The minimum absolute atomic E-state index is 0.380. The molecule has 0 aliphatic heterocycles. The van der Waals surface area contributed by atoms with Gasteiger partial charge in [0.25, 0.3) is 11.6 Å². The Hall–Kier alpha value is -3.36. The molecule has 0 spiro atoms. The second kappa shape index (κ2) is 8.34. The standard InChI is InChI=1S/C20H18F2N2O5/c21-14-5-3-13(4-6-14)20(9-1-2-10-20)19(26)29-12-18(25)23-17-11-15(24(27)28)7-8-16(17)22/h3-8,11H,1-2,9-10,12H2,(H,23,25). The minimum atomic E-state index is -0.954. The Morgan fingerprint density at radius 3 is 2.38 bits per heavy atom. The van der Waals surface area contributed by atoms with Crippen molar-refractivity contribution in [3.05, 3.63) is 69.8 Å². The highest BCUT2D eigenvalue weighted by molar-refractivity contribution is 5.94. The van der Waals surface area contributed by atoms with Crippen LogP contribution in [-0.2, 0) is 19.7 Å². The smallest absolute Gasteiger partial charge is 0.317 e. The lowest BCUT2D eigenvalue weighted by molar-refractivity contribution is -0.384. The van der Waals surface area contributed by atoms with E-state index in [1.165, 1.54) is 24.3 Å². The summed E-state index contributed by atoms with van der Waals surface area (Å²) in [5.74, 6) is -2.72. The molecule has 0 saturated heterocycles. The van der Waals surface area contributed by atoms with E-state index in [1.807, 2.05) is 0 Å². The number of hydrogen-bond donors (Lipinski definition) is 1. The van der Waals surface area contributed by atoms with Crippen molar-refractivity contribution < 1.29 is 28.0 Å². The van der Waals surface area contributed by atoms with Crippen LogP contribution >= 0.6 is 0 Å². The summed E-state index contributed by atoms with van der Waals surface area (Å²) >= 11 is 0. The van der Waals surface area contributed by atoms with Crippen molar-refractivity contribution in [1.29, 1.82) is 0 Å². The van der Waals surface area contributed by atoms with E-state index in [0.717, 1.165) is 31.0 Å². The maximum Gasteiger partial charge on any atom is 0.317 e. The third kappa shape index (κ3) is 4.39. The fourth-order valence-electron chi connectivity index (χ4n) is 3.54. The van der Waals surface area contributed by atoms with E-state index in [9.17, 15) is 28.5 Å². The Morgan fingerprint density at radius 1 is 1.10 bits per heavy atom. The third-order valence-corrected chi connectivity index (χ3v) is 5.01. The molecule has 29 heavy (non-hydrogen) atoms. The number of ether oxygens (including phenoxy) is 1. The highest BCUT2D eigenvalue weighted by Gasteiger charge is 2.44. The van der Waals surface area contributed by atoms with Gasteiger partial charge in [-0.2, -0.15) is 0 Å². The number of nitro benzene ring substituents is 1. The van der Waals surface area contributed by atoms with Crippen LogP contribution < -0.4 is 5.32 Å². The molecule has 3 rings (SSSR count). The molecule has 0 unspecified atom stereocenters. The van der Waals surface area contributed by atoms with Gasteiger partial charge in [-0.05, 0) is 36.6 Å². The summed E-state index contributed by atoms with van der Waals surface area (Å²) in [6, 6.07) is 8.30. The Bertz CT molecular complexity index is 940. The van der Waals surface area contributed by atoms with Crippen molar-refractivity contribution >= 4 is 23.3 Å². The van der Waals surface area contributed by atoms with Gasteiger partial charge < -0.3 is 10.1 Å². The Morgan fingerprint density at radius 2 is 1.76 bits per heavy atom. The average Bonchev–Trinajstić information content (AvgIpc) is 3.19. The first-order valence-corrected chi connectivity index (χ1v) is 8.99. The molecule has 1 aliphatic rings. The number of benzene rings is 2. The van der Waals surface area contributed by atoms with Crippen LogP contribution in [0.2, 0.25) is 0 Å². The van der Waals surface area contributed by atoms with Crippen LogP contribution in [0.4, 0.5) is 20.2 Å². The van der Waals surface area contributed by atoms with E-state index in [-0.39, 0.29) is 11.4 Å². The Balaban J connectivity index is 1.68. The van der Waals surface area contributed by atoms with Gasteiger partial charge in [0, 0.05) is 12.1 Å². The topological polar surface area (TPSA) is 98.5 Å². The largest absolute Gasteiger partial charge is 0.455 e. The van der Waals surface area contributed by atoms with Gasteiger partial charge in [-0.1, -0.05) is 25.0 Å². The van der Waals surface area contributed by atoms with Gasteiger partial charge in [0.05, 0.1) is 16.0 Å². The highest BCUT2D eigenvalue weighted by atomic mass is 19.1. The lowest BCUT2D eigenvalue weighted by Crippen LogP contribution is -2.36. The molecule has 2 aromatic carbocycles. The molecule has 9 heteroatoms. The number of nitro groups is 1.